The summed E-state index contributed by atoms with van der Waals surface area (Å²) in [5, 5.41) is 22.9. The Kier molecular flexibility index (Phi) is 6.29. The van der Waals surface area contributed by atoms with Crippen LogP contribution in [0.15, 0.2) is 41.6 Å². The minimum absolute atomic E-state index is 0.115. The van der Waals surface area contributed by atoms with E-state index in [0.29, 0.717) is 11.1 Å². The molecular formula is C26H27F2N5O6S. The molecule has 40 heavy (non-hydrogen) atoms. The number of sulfone groups is 1. The predicted molar refractivity (Wildman–Crippen MR) is 134 cm³/mol. The Morgan fingerprint density at radius 2 is 1.95 bits per heavy atom. The number of primary amides is 1. The van der Waals surface area contributed by atoms with Gasteiger partial charge in [0.25, 0.3) is 5.92 Å². The molecule has 2 aromatic rings. The van der Waals surface area contributed by atoms with E-state index in [9.17, 15) is 42.0 Å². The van der Waals surface area contributed by atoms with Crippen LogP contribution in [-0.4, -0.2) is 70.3 Å². The first-order valence-electron chi connectivity index (χ1n) is 12.6. The largest absolute Gasteiger partial charge is 0.481 e. The number of carboxylic acid groups (broad SMARTS) is 1. The maximum Gasteiger partial charge on any atom is 0.310 e. The number of carbonyl (C=O) groups is 3. The molecule has 2 amide bonds. The normalized spacial score (nSPS) is 31.1. The van der Waals surface area contributed by atoms with Crippen LogP contribution in [-0.2, 0) is 31.3 Å². The van der Waals surface area contributed by atoms with Crippen LogP contribution >= 0.6 is 0 Å². The summed E-state index contributed by atoms with van der Waals surface area (Å²) in [6.45, 7) is -1.25. The molecule has 212 valence electrons. The summed E-state index contributed by atoms with van der Waals surface area (Å²) in [7, 11) is -2.56. The molecule has 1 aromatic carbocycles. The van der Waals surface area contributed by atoms with Crippen LogP contribution in [0.2, 0.25) is 0 Å². The second-order valence-corrected chi connectivity index (χ2v) is 13.2. The second kappa shape index (κ2) is 9.09. The van der Waals surface area contributed by atoms with E-state index >= 15 is 0 Å². The molecule has 2 aliphatic carbocycles. The van der Waals surface area contributed by atoms with Gasteiger partial charge in [0.15, 0.2) is 9.84 Å². The number of nitrogens with zero attached hydrogens (tertiary/aromatic N) is 4. The van der Waals surface area contributed by atoms with Gasteiger partial charge in [0.05, 0.1) is 40.3 Å². The molecule has 5 atom stereocenters. The lowest BCUT2D eigenvalue weighted by molar-refractivity contribution is -0.160. The number of nitriles is 1. The van der Waals surface area contributed by atoms with Gasteiger partial charge in [-0.3, -0.25) is 19.1 Å². The number of aryl methyl sites for hydroxylation is 1. The average molecular weight is 576 g/mol. The summed E-state index contributed by atoms with van der Waals surface area (Å²) in [6.07, 6.45) is 1.31. The second-order valence-electron chi connectivity index (χ2n) is 11.0. The van der Waals surface area contributed by atoms with Crippen LogP contribution < -0.4 is 5.73 Å². The number of hydrogen-bond acceptors (Lipinski definition) is 7. The smallest absolute Gasteiger partial charge is 0.310 e. The number of aromatic nitrogens is 2. The minimum Gasteiger partial charge on any atom is -0.481 e. The molecule has 1 saturated heterocycles. The Labute approximate surface area is 228 Å². The lowest BCUT2D eigenvalue weighted by Gasteiger charge is -2.34. The summed E-state index contributed by atoms with van der Waals surface area (Å²) in [4.78, 5) is 39.5. The maximum atomic E-state index is 14.0. The van der Waals surface area contributed by atoms with E-state index in [-0.39, 0.29) is 17.9 Å². The number of halogens is 2. The van der Waals surface area contributed by atoms with E-state index in [0.717, 1.165) is 4.90 Å². The predicted octanol–water partition coefficient (Wildman–Crippen LogP) is 1.59. The monoisotopic (exact) mass is 575 g/mol. The molecule has 2 unspecified atom stereocenters. The molecule has 0 spiro atoms. The number of hydrogen-bond donors (Lipinski definition) is 2. The van der Waals surface area contributed by atoms with Gasteiger partial charge in [0, 0.05) is 37.7 Å². The molecule has 3 fully saturated rings. The summed E-state index contributed by atoms with van der Waals surface area (Å²) in [5.74, 6) is -9.54. The molecule has 3 N–H and O–H groups in total. The molecule has 3 aliphatic rings. The SMILES string of the molecule is Cn1cc(-c2cccc(S(=O)(=O)[C@@H]3C[C@@H](C(=O)N4CCC(F)(F)C4)[C@](C(=O)O)(C4CC4(C#N)C(N)=O)C3)c2)cn1. The number of carboxylic acids is 1. The van der Waals surface area contributed by atoms with Gasteiger partial charge < -0.3 is 15.7 Å². The van der Waals surface area contributed by atoms with Crippen LogP contribution in [0.5, 0.6) is 0 Å². The molecule has 11 nitrogen and oxygen atoms in total. The molecule has 0 bridgehead atoms. The van der Waals surface area contributed by atoms with Gasteiger partial charge in [-0.2, -0.15) is 10.4 Å². The Balaban J connectivity index is 1.57. The third kappa shape index (κ3) is 4.14. The van der Waals surface area contributed by atoms with Crippen molar-refractivity contribution in [3.05, 3.63) is 36.7 Å². The molecule has 2 saturated carbocycles. The van der Waals surface area contributed by atoms with Crippen molar-refractivity contribution in [2.24, 2.45) is 35.4 Å². The number of alkyl halides is 2. The van der Waals surface area contributed by atoms with Crippen LogP contribution in [0.25, 0.3) is 11.1 Å². The topological polar surface area (TPSA) is 176 Å². The van der Waals surface area contributed by atoms with Crippen molar-refractivity contribution in [2.75, 3.05) is 13.1 Å². The number of amides is 2. The van der Waals surface area contributed by atoms with Gasteiger partial charge in [0.1, 0.15) is 5.41 Å². The molecule has 0 radical (unpaired) electrons. The molecule has 14 heteroatoms. The average Bonchev–Trinajstić information content (AvgIpc) is 3.16. The third-order valence-corrected chi connectivity index (χ3v) is 10.9. The van der Waals surface area contributed by atoms with E-state index in [1.807, 2.05) is 0 Å². The minimum atomic E-state index is -4.26. The molecule has 1 aromatic heterocycles. The van der Waals surface area contributed by atoms with E-state index in [1.54, 1.807) is 36.3 Å². The van der Waals surface area contributed by atoms with Crippen molar-refractivity contribution >= 4 is 27.6 Å². The Hall–Kier alpha value is -3.86. The summed E-state index contributed by atoms with van der Waals surface area (Å²) in [6, 6.07) is 7.76. The zero-order valence-corrected chi connectivity index (χ0v) is 22.3. The van der Waals surface area contributed by atoms with Gasteiger partial charge in [0.2, 0.25) is 11.8 Å². The van der Waals surface area contributed by atoms with Gasteiger partial charge in [-0.25, -0.2) is 17.2 Å². The third-order valence-electron chi connectivity index (χ3n) is 8.72. The fourth-order valence-corrected chi connectivity index (χ4v) is 8.38. The van der Waals surface area contributed by atoms with E-state index in [4.69, 9.17) is 5.73 Å². The van der Waals surface area contributed by atoms with E-state index in [2.05, 4.69) is 5.10 Å². The van der Waals surface area contributed by atoms with Crippen molar-refractivity contribution in [2.45, 2.75) is 41.8 Å². The molecule has 5 rings (SSSR count). The van der Waals surface area contributed by atoms with Gasteiger partial charge in [-0.05, 0) is 37.0 Å². The number of likely N-dealkylation sites (tertiary alicyclic amines) is 1. The van der Waals surface area contributed by atoms with Crippen molar-refractivity contribution in [3.8, 4) is 17.2 Å². The first-order valence-corrected chi connectivity index (χ1v) is 14.2. The molecule has 1 aliphatic heterocycles. The summed E-state index contributed by atoms with van der Waals surface area (Å²) in [5.41, 5.74) is 2.57. The van der Waals surface area contributed by atoms with Crippen molar-refractivity contribution in [3.63, 3.8) is 0 Å². The molecule has 2 heterocycles. The zero-order chi connectivity index (χ0) is 29.3. The lowest BCUT2D eigenvalue weighted by atomic mass is 9.70. The van der Waals surface area contributed by atoms with Crippen LogP contribution in [0, 0.1) is 34.0 Å². The van der Waals surface area contributed by atoms with Crippen LogP contribution in [0.3, 0.4) is 0 Å². The highest BCUT2D eigenvalue weighted by atomic mass is 32.2. The van der Waals surface area contributed by atoms with Gasteiger partial charge in [-0.15, -0.1) is 0 Å². The fraction of sp³-hybridized carbons (Fsp3) is 0.500. The van der Waals surface area contributed by atoms with Crippen molar-refractivity contribution in [1.29, 1.82) is 5.26 Å². The Morgan fingerprint density at radius 1 is 1.23 bits per heavy atom. The van der Waals surface area contributed by atoms with Crippen molar-refractivity contribution in [1.82, 2.24) is 14.7 Å². The van der Waals surface area contributed by atoms with Crippen LogP contribution in [0.4, 0.5) is 8.78 Å². The Bertz CT molecular complexity index is 1570. The highest BCUT2D eigenvalue weighted by molar-refractivity contribution is 7.92. The quantitative estimate of drug-likeness (QED) is 0.500. The number of aliphatic carboxylic acids is 1. The fourth-order valence-electron chi connectivity index (χ4n) is 6.50. The number of nitrogens with two attached hydrogens (primary N) is 1. The first-order chi connectivity index (χ1) is 18.7. The standard InChI is InChI=1S/C26H27F2N5O6S/c1-32-12-16(11-31-32)15-3-2-4-17(7-15)40(38,39)18-8-19(21(34)33-6-5-25(27,28)14-33)26(9-18,23(36)37)20-10-24(20,13-29)22(30)35/h2-4,7,11-12,18-20H,5-6,8-10,14H2,1H3,(H2,30,35)(H,36,37)/t18-,19+,20?,24?,26+/m1/s1. The zero-order valence-electron chi connectivity index (χ0n) is 21.5. The van der Waals surface area contributed by atoms with Gasteiger partial charge >= 0.3 is 5.97 Å². The Morgan fingerprint density at radius 3 is 2.48 bits per heavy atom. The summed E-state index contributed by atoms with van der Waals surface area (Å²) >= 11 is 0. The van der Waals surface area contributed by atoms with Gasteiger partial charge in [-0.1, -0.05) is 12.1 Å². The number of carbonyl (C=O) groups excluding carboxylic acids is 2. The molecular weight excluding hydrogens is 548 g/mol. The summed E-state index contributed by atoms with van der Waals surface area (Å²) < 4.78 is 57.4. The van der Waals surface area contributed by atoms with Crippen molar-refractivity contribution < 1.29 is 36.7 Å². The highest BCUT2D eigenvalue weighted by Gasteiger charge is 2.76. The van der Waals surface area contributed by atoms with E-state index < -0.39 is 87.3 Å². The lowest BCUT2D eigenvalue weighted by Crippen LogP contribution is -2.48. The number of benzene rings is 1. The maximum absolute atomic E-state index is 14.0. The first kappa shape index (κ1) is 27.7. The number of rotatable bonds is 7. The van der Waals surface area contributed by atoms with E-state index in [1.165, 1.54) is 18.2 Å². The highest BCUT2D eigenvalue weighted by Crippen LogP contribution is 2.68. The van der Waals surface area contributed by atoms with Crippen LogP contribution in [0.1, 0.15) is 25.7 Å².